The minimum absolute atomic E-state index is 0.0356. The third-order valence-corrected chi connectivity index (χ3v) is 21.3. The van der Waals surface area contributed by atoms with Crippen molar-refractivity contribution in [3.63, 3.8) is 0 Å². The van der Waals surface area contributed by atoms with Crippen molar-refractivity contribution in [2.75, 3.05) is 32.7 Å². The second-order valence-electron chi connectivity index (χ2n) is 34.3. The molecular formula is C89H141N21O19. The number of hydrogen-bond acceptors (Lipinski definition) is 23. The fourth-order valence-corrected chi connectivity index (χ4v) is 14.2. The number of aliphatic hydroxyl groups is 1. The van der Waals surface area contributed by atoms with E-state index in [0.29, 0.717) is 72.7 Å². The van der Waals surface area contributed by atoms with Gasteiger partial charge in [0.15, 0.2) is 0 Å². The van der Waals surface area contributed by atoms with E-state index in [-0.39, 0.29) is 120 Å². The third-order valence-electron chi connectivity index (χ3n) is 21.3. The first-order chi connectivity index (χ1) is 61.1. The van der Waals surface area contributed by atoms with Crippen molar-refractivity contribution >= 4 is 105 Å². The molecule has 1 heterocycles. The van der Waals surface area contributed by atoms with E-state index in [2.05, 4.69) is 79.4 Å². The molecule has 15 amide bonds. The maximum atomic E-state index is 15.0. The number of aromatic amines is 1. The number of carbonyl (C=O) groups is 16. The molecule has 0 radical (unpaired) electrons. The molecule has 3 aromatic carbocycles. The number of phenolic OH excluding ortho intramolecular Hbond substituents is 1. The summed E-state index contributed by atoms with van der Waals surface area (Å²) in [4.78, 5) is 230. The van der Waals surface area contributed by atoms with Gasteiger partial charge in [-0.2, -0.15) is 0 Å². The van der Waals surface area contributed by atoms with Gasteiger partial charge in [0, 0.05) is 36.4 Å². The van der Waals surface area contributed by atoms with Crippen LogP contribution in [-0.2, 0) is 96.0 Å². The summed E-state index contributed by atoms with van der Waals surface area (Å²) in [6.07, 6.45) is 1.51. The fourth-order valence-electron chi connectivity index (χ4n) is 14.2. The van der Waals surface area contributed by atoms with E-state index in [1.54, 1.807) is 116 Å². The normalized spacial score (nSPS) is 14.9. The molecule has 0 saturated heterocycles. The highest BCUT2D eigenvalue weighted by molar-refractivity contribution is 6.01. The van der Waals surface area contributed by atoms with E-state index in [0.717, 1.165) is 0 Å². The highest BCUT2D eigenvalue weighted by Crippen LogP contribution is 2.22. The van der Waals surface area contributed by atoms with Crippen molar-refractivity contribution in [3.8, 4) is 5.75 Å². The number of amides is 15. The average molecular weight is 1810 g/mol. The van der Waals surface area contributed by atoms with E-state index in [9.17, 15) is 92.0 Å². The van der Waals surface area contributed by atoms with E-state index >= 15 is 0 Å². The van der Waals surface area contributed by atoms with Crippen LogP contribution in [0.5, 0.6) is 5.75 Å². The predicted octanol–water partition coefficient (Wildman–Crippen LogP) is -1.68. The van der Waals surface area contributed by atoms with Crippen molar-refractivity contribution in [1.29, 1.82) is 0 Å². The largest absolute Gasteiger partial charge is 0.508 e. The monoisotopic (exact) mass is 1810 g/mol. The number of H-pyrrole nitrogens is 1. The number of nitrogens with two attached hydrogens (primary N) is 6. The van der Waals surface area contributed by atoms with Crippen LogP contribution < -0.4 is 109 Å². The van der Waals surface area contributed by atoms with Gasteiger partial charge in [0.05, 0.1) is 19.1 Å². The van der Waals surface area contributed by atoms with Crippen LogP contribution >= 0.6 is 0 Å². The van der Waals surface area contributed by atoms with Crippen LogP contribution in [-0.4, -0.2) is 238 Å². The Kier molecular flexibility index (Phi) is 48.7. The van der Waals surface area contributed by atoms with Gasteiger partial charge in [-0.15, -0.1) is 0 Å². The Hall–Kier alpha value is -11.7. The van der Waals surface area contributed by atoms with Crippen LogP contribution in [0.3, 0.4) is 0 Å². The van der Waals surface area contributed by atoms with Crippen LogP contribution in [0.1, 0.15) is 189 Å². The average Bonchev–Trinajstić information content (AvgIpc) is 1.70. The van der Waals surface area contributed by atoms with Gasteiger partial charge in [-0.3, -0.25) is 71.9 Å². The van der Waals surface area contributed by atoms with E-state index < -0.39 is 204 Å². The predicted molar refractivity (Wildman–Crippen MR) is 484 cm³/mol. The highest BCUT2D eigenvalue weighted by Gasteiger charge is 2.40. The Morgan fingerprint density at radius 3 is 1.12 bits per heavy atom. The third kappa shape index (κ3) is 39.4. The van der Waals surface area contributed by atoms with Gasteiger partial charge in [0.1, 0.15) is 90.3 Å². The summed E-state index contributed by atoms with van der Waals surface area (Å²) in [5.41, 5.74) is 36.6. The van der Waals surface area contributed by atoms with Gasteiger partial charge >= 0.3 is 5.97 Å². The number of carboxylic acid groups (broad SMARTS) is 1. The van der Waals surface area contributed by atoms with Crippen LogP contribution in [0.4, 0.5) is 0 Å². The lowest BCUT2D eigenvalue weighted by Crippen LogP contribution is -2.62. The van der Waals surface area contributed by atoms with Crippen LogP contribution in [0.25, 0.3) is 10.9 Å². The number of aromatic hydroxyl groups is 1. The molecule has 129 heavy (non-hydrogen) atoms. The molecule has 30 N–H and O–H groups in total. The van der Waals surface area contributed by atoms with Crippen molar-refractivity contribution < 1.29 is 92.0 Å². The van der Waals surface area contributed by atoms with Gasteiger partial charge < -0.3 is 129 Å². The molecule has 0 saturated carbocycles. The molecular weight excluding hydrogens is 1670 g/mol. The number of aliphatic carboxylic acids is 1. The molecule has 0 aliphatic rings. The molecule has 0 aliphatic heterocycles. The molecule has 15 atom stereocenters. The molecule has 0 unspecified atom stereocenters. The number of hydrogen-bond donors (Lipinski definition) is 24. The van der Waals surface area contributed by atoms with Crippen LogP contribution in [0.15, 0.2) is 85.1 Å². The molecule has 0 bridgehead atoms. The lowest BCUT2D eigenvalue weighted by atomic mass is 9.99. The van der Waals surface area contributed by atoms with Gasteiger partial charge in [-0.05, 0) is 195 Å². The first-order valence-corrected chi connectivity index (χ1v) is 44.4. The van der Waals surface area contributed by atoms with Gasteiger partial charge in [0.2, 0.25) is 88.6 Å². The minimum atomic E-state index is -1.87. The second kappa shape index (κ2) is 57.3. The number of para-hydroxylation sites is 1. The molecule has 4 rings (SSSR count). The number of nitrogens with one attached hydrogen (secondary N) is 15. The molecule has 4 aromatic rings. The highest BCUT2D eigenvalue weighted by atomic mass is 16.4. The summed E-state index contributed by atoms with van der Waals surface area (Å²) in [6, 6.07) is 0.616. The molecule has 0 fully saturated rings. The zero-order chi connectivity index (χ0) is 96.1. The quantitative estimate of drug-likeness (QED) is 0.0220. The Morgan fingerprint density at radius 2 is 0.690 bits per heavy atom. The number of rotatable bonds is 61. The van der Waals surface area contributed by atoms with E-state index in [1.165, 1.54) is 38.1 Å². The van der Waals surface area contributed by atoms with Gasteiger partial charge in [-0.25, -0.2) is 4.79 Å². The van der Waals surface area contributed by atoms with Crippen molar-refractivity contribution in [2.45, 2.75) is 282 Å². The smallest absolute Gasteiger partial charge is 0.326 e. The van der Waals surface area contributed by atoms with E-state index in [4.69, 9.17) is 34.4 Å². The van der Waals surface area contributed by atoms with Gasteiger partial charge in [0.25, 0.3) is 0 Å². The number of phenols is 1. The Morgan fingerprint density at radius 1 is 0.349 bits per heavy atom. The summed E-state index contributed by atoms with van der Waals surface area (Å²) >= 11 is 0. The molecule has 1 aromatic heterocycles. The standard InChI is InChI=1S/C89H141N21O19/c1-49(2)40-65(82(121)99-62(29-17-21-37-91)79(118)108-71(89(128)129)42-51(5)6)102-78(117)63(30-18-22-38-92)101-88(127)75(54(10)111)110-80(119)64(31-19-23-39-93)100-87(126)74(52(7)8)109-76(115)53(9)97-81(120)69(45-57-48-96-60-27-15-14-26-59(57)60)106-86(125)70(46-72(95)113)107-85(124)67(43-55-24-12-11-13-25-55)105-83(122)66(41-50(3)4)103-84(123)68(44-56-32-34-58(112)35-33-56)104-77(116)61(28-16-20-36-90)98-73(114)47-94/h11-15,24-27,32-35,48-54,61-71,74-75,96,111-112H,16-23,28-31,36-47,90-94H2,1-10H3,(H2,95,113)(H,97,120)(H,98,114)(H,99,121)(H,100,126)(H,101,127)(H,102,117)(H,103,123)(H,104,116)(H,105,122)(H,106,125)(H,107,124)(H,108,118)(H,109,115)(H,110,119)(H,128,129)/t53-,54+,61-,62-,63-,64-,65-,66-,67-,68-,69-,70-,71-,74-,75-/m0/s1. The molecule has 716 valence electrons. The summed E-state index contributed by atoms with van der Waals surface area (Å²) in [6.45, 7) is 16.8. The first-order valence-electron chi connectivity index (χ1n) is 44.4. The number of benzene rings is 3. The van der Waals surface area contributed by atoms with Gasteiger partial charge in [-0.1, -0.05) is 116 Å². The number of aromatic nitrogens is 1. The summed E-state index contributed by atoms with van der Waals surface area (Å²) in [5.74, 6) is -16.4. The summed E-state index contributed by atoms with van der Waals surface area (Å²) in [7, 11) is 0. The summed E-state index contributed by atoms with van der Waals surface area (Å²) in [5, 5.41) is 68.7. The first kappa shape index (κ1) is 110. The lowest BCUT2D eigenvalue weighted by Gasteiger charge is -2.30. The van der Waals surface area contributed by atoms with Crippen molar-refractivity contribution in [1.82, 2.24) is 79.4 Å². The Bertz CT molecular complexity index is 4300. The van der Waals surface area contributed by atoms with Crippen molar-refractivity contribution in [2.24, 2.45) is 58.1 Å². The number of primary amides is 1. The van der Waals surface area contributed by atoms with Crippen LogP contribution in [0, 0.1) is 23.7 Å². The molecule has 40 heteroatoms. The summed E-state index contributed by atoms with van der Waals surface area (Å²) < 4.78 is 0. The fraction of sp³-hybridized carbons (Fsp3) is 0.596. The van der Waals surface area contributed by atoms with E-state index in [1.807, 2.05) is 0 Å². The number of unbranched alkanes of at least 4 members (excludes halogenated alkanes) is 4. The zero-order valence-corrected chi connectivity index (χ0v) is 75.9. The topological polar surface area (TPSA) is 674 Å². The number of carboxylic acids is 1. The molecule has 0 aliphatic carbocycles. The van der Waals surface area contributed by atoms with Crippen LogP contribution in [0.2, 0.25) is 0 Å². The number of fused-ring (bicyclic) bond motifs is 1. The zero-order valence-electron chi connectivity index (χ0n) is 75.9. The van der Waals surface area contributed by atoms with Crippen molar-refractivity contribution in [3.05, 3.63) is 102 Å². The molecule has 0 spiro atoms. The number of aliphatic hydroxyl groups excluding tert-OH is 1. The maximum Gasteiger partial charge on any atom is 0.326 e. The maximum absolute atomic E-state index is 15.0. The SMILES string of the molecule is CC(C)C[C@H](NC(=O)[C@H](CCCCN)NC(=O)[C@H](CC(C)C)NC(=O)[C@H](CCCCN)NC(=O)[C@@H](NC(=O)[C@H](CCCCN)NC(=O)[C@@H](NC(=O)[C@H](C)NC(=O)[C@H](Cc1c[nH]c2ccccc12)NC(=O)[C@H](CC(N)=O)NC(=O)[C@H](Cc1ccccc1)NC(=O)[C@H](CC(C)C)NC(=O)[C@H](Cc1ccc(O)cc1)NC(=O)[C@H](CCCCN)NC(=O)CN)C(C)C)[C@@H](C)O)C(=O)O. The lowest BCUT2D eigenvalue weighted by molar-refractivity contribution is -0.143. The Balaban J connectivity index is 1.63. The second-order valence-corrected chi connectivity index (χ2v) is 34.3. The molecule has 40 nitrogen and oxygen atoms in total. The number of carbonyl (C=O) groups excluding carboxylic acids is 15. The minimum Gasteiger partial charge on any atom is -0.508 e. The Labute approximate surface area is 753 Å².